The maximum Gasteiger partial charge on any atom is 0.161 e. The van der Waals surface area contributed by atoms with Gasteiger partial charge in [-0.2, -0.15) is 0 Å². The number of aliphatic hydroxyl groups excluding tert-OH is 1. The van der Waals surface area contributed by atoms with Gasteiger partial charge in [-0.15, -0.1) is 0 Å². The second kappa shape index (κ2) is 5.72. The summed E-state index contributed by atoms with van der Waals surface area (Å²) in [6.45, 7) is 2.34. The van der Waals surface area contributed by atoms with Crippen LogP contribution in [0.1, 0.15) is 6.42 Å². The summed E-state index contributed by atoms with van der Waals surface area (Å²) in [6.07, 6.45) is 0.818. The van der Waals surface area contributed by atoms with E-state index in [1.807, 2.05) is 24.3 Å². The average Bonchev–Trinajstić information content (AvgIpc) is 2.34. The lowest BCUT2D eigenvalue weighted by Gasteiger charge is -2.26. The topological polar surface area (TPSA) is 50.7 Å². The van der Waals surface area contributed by atoms with Crippen LogP contribution in [0.2, 0.25) is 0 Å². The van der Waals surface area contributed by atoms with Gasteiger partial charge in [-0.25, -0.2) is 0 Å². The molecule has 2 rings (SSSR count). The fourth-order valence-corrected chi connectivity index (χ4v) is 1.63. The van der Waals surface area contributed by atoms with Crippen LogP contribution in [0.15, 0.2) is 24.3 Å². The van der Waals surface area contributed by atoms with Crippen LogP contribution in [0.3, 0.4) is 0 Å². The van der Waals surface area contributed by atoms with Gasteiger partial charge in [0.25, 0.3) is 0 Å². The van der Waals surface area contributed by atoms with E-state index in [9.17, 15) is 0 Å². The van der Waals surface area contributed by atoms with Crippen molar-refractivity contribution < 1.29 is 14.6 Å². The van der Waals surface area contributed by atoms with Crippen LogP contribution in [0.4, 0.5) is 0 Å². The summed E-state index contributed by atoms with van der Waals surface area (Å²) in [5.74, 6) is 1.62. The summed E-state index contributed by atoms with van der Waals surface area (Å²) in [6, 6.07) is 7.69. The molecular formula is C12H17NO3. The monoisotopic (exact) mass is 223 g/mol. The van der Waals surface area contributed by atoms with E-state index in [0.29, 0.717) is 6.61 Å². The largest absolute Gasteiger partial charge is 0.486 e. The van der Waals surface area contributed by atoms with Gasteiger partial charge >= 0.3 is 0 Å². The highest BCUT2D eigenvalue weighted by atomic mass is 16.6. The van der Waals surface area contributed by atoms with Crippen LogP contribution in [0.25, 0.3) is 0 Å². The van der Waals surface area contributed by atoms with Crippen LogP contribution < -0.4 is 14.8 Å². The number of para-hydroxylation sites is 2. The number of rotatable bonds is 5. The molecule has 1 aliphatic heterocycles. The number of ether oxygens (including phenoxy) is 2. The molecule has 0 radical (unpaired) electrons. The lowest BCUT2D eigenvalue weighted by Crippen LogP contribution is -2.38. The van der Waals surface area contributed by atoms with Crippen molar-refractivity contribution in [2.45, 2.75) is 12.5 Å². The Kier molecular flexibility index (Phi) is 4.02. The molecular weight excluding hydrogens is 206 g/mol. The normalized spacial score (nSPS) is 18.4. The molecule has 0 saturated heterocycles. The fourth-order valence-electron chi connectivity index (χ4n) is 1.63. The molecule has 0 bridgehead atoms. The third-order valence-electron chi connectivity index (χ3n) is 2.45. The van der Waals surface area contributed by atoms with Crippen molar-refractivity contribution >= 4 is 0 Å². The first-order chi connectivity index (χ1) is 7.90. The summed E-state index contributed by atoms with van der Waals surface area (Å²) >= 11 is 0. The van der Waals surface area contributed by atoms with Gasteiger partial charge in [0.1, 0.15) is 12.7 Å². The SMILES string of the molecule is OCCCNCC1COc2ccccc2O1. The predicted molar refractivity (Wildman–Crippen MR) is 60.9 cm³/mol. The molecule has 0 fully saturated rings. The Morgan fingerprint density at radius 3 is 2.94 bits per heavy atom. The van der Waals surface area contributed by atoms with Crippen LogP contribution in [-0.2, 0) is 0 Å². The smallest absolute Gasteiger partial charge is 0.161 e. The fraction of sp³-hybridized carbons (Fsp3) is 0.500. The number of hydrogen-bond acceptors (Lipinski definition) is 4. The van der Waals surface area contributed by atoms with E-state index in [-0.39, 0.29) is 12.7 Å². The molecule has 4 nitrogen and oxygen atoms in total. The van der Waals surface area contributed by atoms with E-state index >= 15 is 0 Å². The van der Waals surface area contributed by atoms with Crippen LogP contribution in [-0.4, -0.2) is 37.5 Å². The van der Waals surface area contributed by atoms with Crippen molar-refractivity contribution in [2.75, 3.05) is 26.3 Å². The molecule has 1 heterocycles. The van der Waals surface area contributed by atoms with E-state index in [2.05, 4.69) is 5.32 Å². The summed E-state index contributed by atoms with van der Waals surface area (Å²) in [7, 11) is 0. The standard InChI is InChI=1S/C12H17NO3/c14-7-3-6-13-8-10-9-15-11-4-1-2-5-12(11)16-10/h1-2,4-5,10,13-14H,3,6-9H2. The maximum atomic E-state index is 8.64. The molecule has 1 atom stereocenters. The minimum absolute atomic E-state index is 0.0496. The van der Waals surface area contributed by atoms with Gasteiger partial charge in [-0.1, -0.05) is 12.1 Å². The Labute approximate surface area is 95.2 Å². The van der Waals surface area contributed by atoms with Crippen molar-refractivity contribution in [3.63, 3.8) is 0 Å². The molecule has 1 aliphatic rings. The van der Waals surface area contributed by atoms with Gasteiger partial charge in [0, 0.05) is 13.2 Å². The van der Waals surface area contributed by atoms with E-state index in [0.717, 1.165) is 31.0 Å². The molecule has 0 saturated carbocycles. The second-order valence-electron chi connectivity index (χ2n) is 3.78. The van der Waals surface area contributed by atoms with Crippen LogP contribution >= 0.6 is 0 Å². The first-order valence-electron chi connectivity index (χ1n) is 5.60. The van der Waals surface area contributed by atoms with Crippen molar-refractivity contribution in [1.29, 1.82) is 0 Å². The van der Waals surface area contributed by atoms with Gasteiger partial charge in [0.2, 0.25) is 0 Å². The quantitative estimate of drug-likeness (QED) is 0.725. The molecule has 88 valence electrons. The zero-order chi connectivity index (χ0) is 11.2. The molecule has 0 spiro atoms. The van der Waals surface area contributed by atoms with E-state index in [1.54, 1.807) is 0 Å². The molecule has 1 aromatic carbocycles. The Morgan fingerprint density at radius 1 is 1.31 bits per heavy atom. The van der Waals surface area contributed by atoms with Gasteiger partial charge in [0.15, 0.2) is 11.5 Å². The minimum atomic E-state index is 0.0496. The third kappa shape index (κ3) is 2.87. The molecule has 0 aromatic heterocycles. The number of nitrogens with one attached hydrogen (secondary N) is 1. The maximum absolute atomic E-state index is 8.64. The Bertz CT molecular complexity index is 330. The highest BCUT2D eigenvalue weighted by Gasteiger charge is 2.19. The summed E-state index contributed by atoms with van der Waals surface area (Å²) in [4.78, 5) is 0. The molecule has 16 heavy (non-hydrogen) atoms. The van der Waals surface area contributed by atoms with E-state index in [4.69, 9.17) is 14.6 Å². The minimum Gasteiger partial charge on any atom is -0.486 e. The highest BCUT2D eigenvalue weighted by molar-refractivity contribution is 5.40. The zero-order valence-electron chi connectivity index (χ0n) is 9.19. The molecule has 0 amide bonds. The molecule has 4 heteroatoms. The average molecular weight is 223 g/mol. The molecule has 1 aromatic rings. The molecule has 2 N–H and O–H groups in total. The van der Waals surface area contributed by atoms with Gasteiger partial charge < -0.3 is 19.9 Å². The second-order valence-corrected chi connectivity index (χ2v) is 3.78. The Hall–Kier alpha value is -1.26. The summed E-state index contributed by atoms with van der Waals surface area (Å²) in [5, 5.41) is 11.9. The van der Waals surface area contributed by atoms with E-state index < -0.39 is 0 Å². The number of aliphatic hydroxyl groups is 1. The number of benzene rings is 1. The lowest BCUT2D eigenvalue weighted by atomic mass is 10.2. The summed E-state index contributed by atoms with van der Waals surface area (Å²) in [5.41, 5.74) is 0. The third-order valence-corrected chi connectivity index (χ3v) is 2.45. The van der Waals surface area contributed by atoms with Crippen LogP contribution in [0.5, 0.6) is 11.5 Å². The van der Waals surface area contributed by atoms with Crippen molar-refractivity contribution in [1.82, 2.24) is 5.32 Å². The summed E-state index contributed by atoms with van der Waals surface area (Å²) < 4.78 is 11.3. The van der Waals surface area contributed by atoms with Gasteiger partial charge in [0.05, 0.1) is 0 Å². The predicted octanol–water partition coefficient (Wildman–Crippen LogP) is 0.798. The van der Waals surface area contributed by atoms with Gasteiger partial charge in [-0.3, -0.25) is 0 Å². The number of hydrogen-bond donors (Lipinski definition) is 2. The lowest BCUT2D eigenvalue weighted by molar-refractivity contribution is 0.0902. The highest BCUT2D eigenvalue weighted by Crippen LogP contribution is 2.30. The van der Waals surface area contributed by atoms with Crippen molar-refractivity contribution in [3.05, 3.63) is 24.3 Å². The van der Waals surface area contributed by atoms with Crippen molar-refractivity contribution in [2.24, 2.45) is 0 Å². The van der Waals surface area contributed by atoms with Crippen molar-refractivity contribution in [3.8, 4) is 11.5 Å². The zero-order valence-corrected chi connectivity index (χ0v) is 9.19. The van der Waals surface area contributed by atoms with Gasteiger partial charge in [-0.05, 0) is 25.1 Å². The van der Waals surface area contributed by atoms with Crippen LogP contribution in [0, 0.1) is 0 Å². The number of fused-ring (bicyclic) bond motifs is 1. The first-order valence-corrected chi connectivity index (χ1v) is 5.60. The molecule has 1 unspecified atom stereocenters. The Balaban J connectivity index is 1.79. The molecule has 0 aliphatic carbocycles. The first kappa shape index (κ1) is 11.2. The Morgan fingerprint density at radius 2 is 2.12 bits per heavy atom. The van der Waals surface area contributed by atoms with E-state index in [1.165, 1.54) is 0 Å².